The lowest BCUT2D eigenvalue weighted by molar-refractivity contribution is -1.05. The molecule has 0 bridgehead atoms. The van der Waals surface area contributed by atoms with Gasteiger partial charge in [-0.15, -0.1) is 0 Å². The first-order chi connectivity index (χ1) is 5.17. The molecule has 0 spiro atoms. The molecule has 0 atom stereocenters. The van der Waals surface area contributed by atoms with E-state index >= 15 is 0 Å². The maximum Gasteiger partial charge on any atom is 0.503 e. The number of hydrogen-bond acceptors (Lipinski definition) is 2. The van der Waals surface area contributed by atoms with Gasteiger partial charge in [0.25, 0.3) is 0 Å². The van der Waals surface area contributed by atoms with E-state index in [1.165, 1.54) is 0 Å². The van der Waals surface area contributed by atoms with Crippen molar-refractivity contribution < 1.29 is 14.6 Å². The van der Waals surface area contributed by atoms with E-state index in [-0.39, 0.29) is 17.0 Å². The molecule has 0 heterocycles. The molecule has 0 unspecified atom stereocenters. The van der Waals surface area contributed by atoms with E-state index in [1.807, 2.05) is 41.5 Å². The summed E-state index contributed by atoms with van der Waals surface area (Å²) in [4.78, 5) is 0. The molecule has 72 valence electrons. The van der Waals surface area contributed by atoms with E-state index in [0.717, 1.165) is 0 Å². The molecule has 12 heavy (non-hydrogen) atoms. The van der Waals surface area contributed by atoms with Crippen molar-refractivity contribution in [1.82, 2.24) is 0 Å². The summed E-state index contributed by atoms with van der Waals surface area (Å²) in [5.74, 6) is 0.134. The molecule has 0 saturated carbocycles. The van der Waals surface area contributed by atoms with Crippen LogP contribution in [-0.2, 0) is 9.31 Å². The zero-order chi connectivity index (χ0) is 9.99. The Morgan fingerprint density at radius 3 is 1.58 bits per heavy atom. The maximum absolute atomic E-state index is 10.3. The van der Waals surface area contributed by atoms with Gasteiger partial charge in [0.15, 0.2) is 5.60 Å². The molecule has 0 aliphatic rings. The molecule has 0 aromatic heterocycles. The number of esters is 1. The highest BCUT2D eigenvalue weighted by Crippen LogP contribution is 2.20. The van der Waals surface area contributed by atoms with Crippen LogP contribution in [0.3, 0.4) is 0 Å². The van der Waals surface area contributed by atoms with Gasteiger partial charge in [0.1, 0.15) is 5.41 Å². The van der Waals surface area contributed by atoms with Crippen LogP contribution in [0.1, 0.15) is 41.5 Å². The van der Waals surface area contributed by atoms with Crippen LogP contribution in [0.15, 0.2) is 0 Å². The van der Waals surface area contributed by atoms with E-state index in [9.17, 15) is 5.26 Å². The Morgan fingerprint density at radius 1 is 1.08 bits per heavy atom. The van der Waals surface area contributed by atoms with Gasteiger partial charge in [-0.2, -0.15) is 0 Å². The second-order valence-corrected chi connectivity index (χ2v) is 4.84. The van der Waals surface area contributed by atoms with Crippen molar-refractivity contribution in [2.24, 2.45) is 5.41 Å². The Kier molecular flexibility index (Phi) is 3.13. The molecule has 0 aromatic rings. The van der Waals surface area contributed by atoms with E-state index in [2.05, 4.69) is 4.58 Å². The van der Waals surface area contributed by atoms with Gasteiger partial charge >= 0.3 is 5.97 Å². The Bertz CT molecular complexity index is 169. The van der Waals surface area contributed by atoms with Gasteiger partial charge in [0.2, 0.25) is 0 Å². The summed E-state index contributed by atoms with van der Waals surface area (Å²) in [5.41, 5.74) is -0.748. The first-order valence-electron chi connectivity index (χ1n) is 4.03. The minimum Gasteiger partial charge on any atom is -0.588 e. The Balaban J connectivity index is 4.43. The van der Waals surface area contributed by atoms with Crippen LogP contribution < -0.4 is 5.26 Å². The van der Waals surface area contributed by atoms with Crippen molar-refractivity contribution in [1.29, 1.82) is 0 Å². The van der Waals surface area contributed by atoms with E-state index < -0.39 is 0 Å². The molecule has 0 rings (SSSR count). The SMILES string of the molecule is CC(C)(C)OC(=[O+][O-])C(C)(C)C. The number of ether oxygens (including phenoxy) is 1. The highest BCUT2D eigenvalue weighted by atomic mass is 17.1. The van der Waals surface area contributed by atoms with Crippen LogP contribution in [0.4, 0.5) is 0 Å². The smallest absolute Gasteiger partial charge is 0.503 e. The Morgan fingerprint density at radius 2 is 1.50 bits per heavy atom. The molecule has 0 radical (unpaired) electrons. The summed E-state index contributed by atoms with van der Waals surface area (Å²) in [5, 5.41) is 10.3. The number of hydrogen-bond donors (Lipinski definition) is 0. The molecule has 0 saturated heterocycles. The zero-order valence-electron chi connectivity index (χ0n) is 8.72. The first-order valence-corrected chi connectivity index (χ1v) is 4.03. The van der Waals surface area contributed by atoms with Crippen molar-refractivity contribution in [3.63, 3.8) is 0 Å². The first kappa shape index (κ1) is 11.3. The van der Waals surface area contributed by atoms with E-state index in [0.29, 0.717) is 0 Å². The van der Waals surface area contributed by atoms with Crippen molar-refractivity contribution in [2.45, 2.75) is 47.1 Å². The van der Waals surface area contributed by atoms with E-state index in [4.69, 9.17) is 4.74 Å². The van der Waals surface area contributed by atoms with Gasteiger partial charge in [-0.05, 0) is 20.8 Å². The van der Waals surface area contributed by atoms with Crippen molar-refractivity contribution in [2.75, 3.05) is 0 Å². The minimum atomic E-state index is -0.382. The topological polar surface area (TPSA) is 43.6 Å². The molecular weight excluding hydrogens is 156 g/mol. The fourth-order valence-corrected chi connectivity index (χ4v) is 0.573. The summed E-state index contributed by atoms with van der Waals surface area (Å²) < 4.78 is 9.27. The maximum atomic E-state index is 10.3. The van der Waals surface area contributed by atoms with Gasteiger partial charge in [-0.1, -0.05) is 0 Å². The van der Waals surface area contributed by atoms with Gasteiger partial charge in [0, 0.05) is 20.8 Å². The molecule has 3 nitrogen and oxygen atoms in total. The fourth-order valence-electron chi connectivity index (χ4n) is 0.573. The lowest BCUT2D eigenvalue weighted by Crippen LogP contribution is -2.35. The average Bonchev–Trinajstić information content (AvgIpc) is 1.78. The summed E-state index contributed by atoms with van der Waals surface area (Å²) in [7, 11) is 0. The normalized spacial score (nSPS) is 14.7. The summed E-state index contributed by atoms with van der Waals surface area (Å²) >= 11 is 0. The second-order valence-electron chi connectivity index (χ2n) is 4.84. The molecule has 0 amide bonds. The monoisotopic (exact) mass is 174 g/mol. The summed E-state index contributed by atoms with van der Waals surface area (Å²) in [6, 6.07) is 0. The largest absolute Gasteiger partial charge is 0.588 e. The number of carbonyl (C=O) groups excluding carboxylic acids is 1. The lowest BCUT2D eigenvalue weighted by atomic mass is 9.97. The Hall–Kier alpha value is -0.730. The van der Waals surface area contributed by atoms with Crippen LogP contribution in [0.5, 0.6) is 0 Å². The third kappa shape index (κ3) is 4.21. The van der Waals surface area contributed by atoms with Gasteiger partial charge in [0.05, 0.1) is 0 Å². The third-order valence-corrected chi connectivity index (χ3v) is 1.09. The molecule has 3 heteroatoms. The quantitative estimate of drug-likeness (QED) is 0.239. The standard InChI is InChI=1S/C9H18O3/c1-8(2,3)7(12-10)11-9(4,5)6/h1-6H3. The molecule has 0 aliphatic heterocycles. The average molecular weight is 174 g/mol. The van der Waals surface area contributed by atoms with Crippen molar-refractivity contribution in [3.05, 3.63) is 0 Å². The number of rotatable bonds is 0. The molecule has 0 aromatic carbocycles. The van der Waals surface area contributed by atoms with Crippen molar-refractivity contribution >= 4 is 5.97 Å². The highest BCUT2D eigenvalue weighted by molar-refractivity contribution is 5.75. The van der Waals surface area contributed by atoms with Gasteiger partial charge in [-0.3, -0.25) is 4.58 Å². The predicted molar refractivity (Wildman–Crippen MR) is 45.3 cm³/mol. The van der Waals surface area contributed by atoms with Crippen molar-refractivity contribution in [3.8, 4) is 0 Å². The van der Waals surface area contributed by atoms with Crippen LogP contribution in [-0.4, -0.2) is 11.6 Å². The lowest BCUT2D eigenvalue weighted by Gasteiger charge is -2.18. The van der Waals surface area contributed by atoms with E-state index in [1.54, 1.807) is 0 Å². The second kappa shape index (κ2) is 3.33. The predicted octanol–water partition coefficient (Wildman–Crippen LogP) is 1.19. The molecular formula is C9H18O3. The minimum absolute atomic E-state index is 0.134. The van der Waals surface area contributed by atoms with Crippen LogP contribution in [0, 0.1) is 5.41 Å². The summed E-state index contributed by atoms with van der Waals surface area (Å²) in [6.07, 6.45) is 0. The fraction of sp³-hybridized carbons (Fsp3) is 0.889. The molecule has 0 aliphatic carbocycles. The summed E-state index contributed by atoms with van der Waals surface area (Å²) in [6.45, 7) is 11.2. The third-order valence-electron chi connectivity index (χ3n) is 1.09. The van der Waals surface area contributed by atoms with Crippen LogP contribution in [0.25, 0.3) is 0 Å². The van der Waals surface area contributed by atoms with Gasteiger partial charge in [-0.25, -0.2) is 0 Å². The zero-order valence-corrected chi connectivity index (χ0v) is 8.72. The van der Waals surface area contributed by atoms with Crippen LogP contribution >= 0.6 is 0 Å². The Labute approximate surface area is 74.0 Å². The highest BCUT2D eigenvalue weighted by Gasteiger charge is 2.37. The molecule has 0 fully saturated rings. The van der Waals surface area contributed by atoms with Crippen LogP contribution in [0.2, 0.25) is 0 Å². The van der Waals surface area contributed by atoms with Gasteiger partial charge < -0.3 is 9.99 Å². The molecule has 0 N–H and O–H groups in total.